The monoisotopic (exact) mass is 575 g/mol. The maximum absolute atomic E-state index is 12.6. The Hall–Kier alpha value is -4.13. The fraction of sp³-hybridized carbons (Fsp3) is 0.346. The average Bonchev–Trinajstić information content (AvgIpc) is 3.60. The van der Waals surface area contributed by atoms with Crippen LogP contribution in [-0.4, -0.2) is 48.5 Å². The summed E-state index contributed by atoms with van der Waals surface area (Å²) in [5, 5.41) is 12.6. The van der Waals surface area contributed by atoms with Gasteiger partial charge in [-0.2, -0.15) is 10.2 Å². The van der Waals surface area contributed by atoms with Gasteiger partial charge < -0.3 is 14.8 Å². The van der Waals surface area contributed by atoms with E-state index in [2.05, 4.69) is 25.1 Å². The van der Waals surface area contributed by atoms with Crippen molar-refractivity contribution in [2.75, 3.05) is 11.9 Å². The summed E-state index contributed by atoms with van der Waals surface area (Å²) in [6.45, 7) is 6.06. The van der Waals surface area contributed by atoms with E-state index >= 15 is 0 Å². The molecule has 1 N–H and O–H groups in total. The average molecular weight is 576 g/mol. The summed E-state index contributed by atoms with van der Waals surface area (Å²) in [4.78, 5) is 21.2. The summed E-state index contributed by atoms with van der Waals surface area (Å²) < 4.78 is 50.0. The molecule has 0 radical (unpaired) electrons. The van der Waals surface area contributed by atoms with Gasteiger partial charge in [0.2, 0.25) is 0 Å². The van der Waals surface area contributed by atoms with Crippen LogP contribution in [0.25, 0.3) is 17.1 Å². The first kappa shape index (κ1) is 27.4. The van der Waals surface area contributed by atoms with Gasteiger partial charge >= 0.3 is 12.3 Å². The van der Waals surface area contributed by atoms with Gasteiger partial charge in [-0.3, -0.25) is 0 Å². The summed E-state index contributed by atoms with van der Waals surface area (Å²) in [6, 6.07) is 7.19. The third kappa shape index (κ3) is 5.88. The predicted molar refractivity (Wildman–Crippen MR) is 140 cm³/mol. The largest absolute Gasteiger partial charge is 0.573 e. The zero-order chi connectivity index (χ0) is 28.6. The highest BCUT2D eigenvalue weighted by Gasteiger charge is 2.31. The number of benzene rings is 1. The van der Waals surface area contributed by atoms with Crippen molar-refractivity contribution >= 4 is 29.2 Å². The Bertz CT molecular complexity index is 1550. The van der Waals surface area contributed by atoms with Gasteiger partial charge in [0.25, 0.3) is 0 Å². The van der Waals surface area contributed by atoms with Gasteiger partial charge in [0.1, 0.15) is 23.7 Å². The summed E-state index contributed by atoms with van der Waals surface area (Å²) in [5.41, 5.74) is 2.51. The number of alkyl halides is 3. The highest BCUT2D eigenvalue weighted by Crippen LogP contribution is 2.36. The summed E-state index contributed by atoms with van der Waals surface area (Å²) in [6.07, 6.45) is -1.27. The van der Waals surface area contributed by atoms with E-state index in [4.69, 9.17) is 21.4 Å². The molecule has 0 atom stereocenters. The summed E-state index contributed by atoms with van der Waals surface area (Å²) in [7, 11) is 0. The standard InChI is InChI=1S/C26H25ClF3N7O3/c1-4-39-25(38)23-21(27)15(3)34-37(23)20-11-19(31-13-32-20)33-24-14(2)22(35-36(24)12-16-5-6-16)17-7-9-18(10-8-17)40-26(28,29)30/h7-11,13,16H,4-6,12H2,1-3H3,(H,31,32,33). The lowest BCUT2D eigenvalue weighted by Crippen LogP contribution is -2.16. The van der Waals surface area contributed by atoms with E-state index in [1.165, 1.54) is 35.3 Å². The quantitative estimate of drug-likeness (QED) is 0.241. The Balaban J connectivity index is 1.48. The molecule has 0 saturated heterocycles. The van der Waals surface area contributed by atoms with Crippen LogP contribution in [-0.2, 0) is 11.3 Å². The fourth-order valence-electron chi connectivity index (χ4n) is 4.18. The second-order valence-corrected chi connectivity index (χ2v) is 9.66. The maximum Gasteiger partial charge on any atom is 0.573 e. The molecule has 1 aromatic carbocycles. The number of nitrogens with zero attached hydrogens (tertiary/aromatic N) is 6. The van der Waals surface area contributed by atoms with Crippen LogP contribution in [0.2, 0.25) is 5.02 Å². The molecule has 1 saturated carbocycles. The Morgan fingerprint density at radius 2 is 1.88 bits per heavy atom. The van der Waals surface area contributed by atoms with Gasteiger partial charge in [-0.25, -0.2) is 24.1 Å². The Morgan fingerprint density at radius 3 is 2.52 bits per heavy atom. The normalized spacial score (nSPS) is 13.4. The minimum absolute atomic E-state index is 0.0564. The molecule has 3 aromatic heterocycles. The van der Waals surface area contributed by atoms with Crippen LogP contribution in [0.1, 0.15) is 41.5 Å². The first-order chi connectivity index (χ1) is 19.0. The van der Waals surface area contributed by atoms with E-state index in [9.17, 15) is 18.0 Å². The van der Waals surface area contributed by atoms with Crippen LogP contribution in [0.5, 0.6) is 5.75 Å². The molecule has 5 rings (SSSR count). The molecule has 3 heterocycles. The number of carbonyl (C=O) groups excluding carboxylic acids is 1. The van der Waals surface area contributed by atoms with Crippen molar-refractivity contribution in [1.29, 1.82) is 0 Å². The van der Waals surface area contributed by atoms with Crippen LogP contribution >= 0.6 is 11.6 Å². The van der Waals surface area contributed by atoms with Crippen LogP contribution in [0.4, 0.5) is 24.8 Å². The molecule has 1 fully saturated rings. The second kappa shape index (κ2) is 10.8. The number of rotatable bonds is 9. The minimum atomic E-state index is -4.77. The number of ether oxygens (including phenoxy) is 2. The van der Waals surface area contributed by atoms with Crippen molar-refractivity contribution < 1.29 is 27.4 Å². The zero-order valence-electron chi connectivity index (χ0n) is 21.8. The Labute approximate surface area is 232 Å². The van der Waals surface area contributed by atoms with Crippen molar-refractivity contribution in [3.8, 4) is 22.8 Å². The molecule has 4 aromatic rings. The predicted octanol–water partition coefficient (Wildman–Crippen LogP) is 6.02. The number of anilines is 2. The second-order valence-electron chi connectivity index (χ2n) is 9.29. The molecule has 14 heteroatoms. The Kier molecular flexibility index (Phi) is 7.41. The summed E-state index contributed by atoms with van der Waals surface area (Å²) >= 11 is 6.34. The molecule has 0 unspecified atom stereocenters. The van der Waals surface area contributed by atoms with Crippen LogP contribution in [0, 0.1) is 19.8 Å². The number of hydrogen-bond donors (Lipinski definition) is 1. The fourth-order valence-corrected chi connectivity index (χ4v) is 4.37. The van der Waals surface area contributed by atoms with E-state index in [-0.39, 0.29) is 23.1 Å². The van der Waals surface area contributed by atoms with Crippen LogP contribution in [0.3, 0.4) is 0 Å². The number of halogens is 4. The first-order valence-electron chi connectivity index (χ1n) is 12.5. The van der Waals surface area contributed by atoms with Gasteiger partial charge in [-0.1, -0.05) is 11.6 Å². The molecule has 40 heavy (non-hydrogen) atoms. The third-order valence-corrected chi connectivity index (χ3v) is 6.70. The van der Waals surface area contributed by atoms with E-state index in [0.717, 1.165) is 18.4 Å². The molecular weight excluding hydrogens is 551 g/mol. The smallest absolute Gasteiger partial charge is 0.461 e. The van der Waals surface area contributed by atoms with Crippen LogP contribution in [0.15, 0.2) is 36.7 Å². The van der Waals surface area contributed by atoms with E-state index < -0.39 is 12.3 Å². The molecule has 0 bridgehead atoms. The first-order valence-corrected chi connectivity index (χ1v) is 12.9. The molecule has 0 aliphatic heterocycles. The number of aryl methyl sites for hydroxylation is 1. The van der Waals surface area contributed by atoms with Gasteiger partial charge in [0, 0.05) is 23.7 Å². The molecule has 0 amide bonds. The van der Waals surface area contributed by atoms with Gasteiger partial charge in [0.15, 0.2) is 11.5 Å². The highest BCUT2D eigenvalue weighted by atomic mass is 35.5. The lowest BCUT2D eigenvalue weighted by Gasteiger charge is -2.11. The topological polar surface area (TPSA) is 109 Å². The maximum atomic E-state index is 12.6. The Morgan fingerprint density at radius 1 is 1.15 bits per heavy atom. The van der Waals surface area contributed by atoms with Crippen molar-refractivity contribution in [3.05, 3.63) is 58.6 Å². The van der Waals surface area contributed by atoms with Crippen molar-refractivity contribution in [2.45, 2.75) is 46.5 Å². The third-order valence-electron chi connectivity index (χ3n) is 6.25. The lowest BCUT2D eigenvalue weighted by molar-refractivity contribution is -0.274. The van der Waals surface area contributed by atoms with Gasteiger partial charge in [-0.15, -0.1) is 13.2 Å². The van der Waals surface area contributed by atoms with Crippen molar-refractivity contribution in [1.82, 2.24) is 29.5 Å². The number of nitrogens with one attached hydrogen (secondary N) is 1. The highest BCUT2D eigenvalue weighted by molar-refractivity contribution is 6.34. The van der Waals surface area contributed by atoms with E-state index in [1.807, 2.05) is 11.6 Å². The zero-order valence-corrected chi connectivity index (χ0v) is 22.5. The number of hydrogen-bond acceptors (Lipinski definition) is 8. The lowest BCUT2D eigenvalue weighted by atomic mass is 10.1. The summed E-state index contributed by atoms with van der Waals surface area (Å²) in [5.74, 6) is 0.914. The van der Waals surface area contributed by atoms with E-state index in [0.29, 0.717) is 46.9 Å². The van der Waals surface area contributed by atoms with E-state index in [1.54, 1.807) is 19.9 Å². The number of carbonyl (C=O) groups is 1. The number of aromatic nitrogens is 6. The van der Waals surface area contributed by atoms with Gasteiger partial charge in [-0.05, 0) is 63.8 Å². The number of esters is 1. The van der Waals surface area contributed by atoms with Crippen molar-refractivity contribution in [3.63, 3.8) is 0 Å². The molecule has 10 nitrogen and oxygen atoms in total. The molecule has 1 aliphatic carbocycles. The molecule has 0 spiro atoms. The SMILES string of the molecule is CCOC(=O)c1c(Cl)c(C)nn1-c1cc(Nc2c(C)c(-c3ccc(OC(F)(F)F)cc3)nn2CC2CC2)ncn1. The molecule has 1 aliphatic rings. The van der Waals surface area contributed by atoms with Crippen molar-refractivity contribution in [2.24, 2.45) is 5.92 Å². The molecule has 210 valence electrons. The minimum Gasteiger partial charge on any atom is -0.461 e. The van der Waals surface area contributed by atoms with Crippen LogP contribution < -0.4 is 10.1 Å². The molecular formula is C26H25ClF3N7O3. The van der Waals surface area contributed by atoms with Gasteiger partial charge in [0.05, 0.1) is 23.0 Å².